The number of carbonyl (C=O) groups is 3. The molecule has 0 spiro atoms. The van der Waals surface area contributed by atoms with E-state index >= 15 is 0 Å². The largest absolute Gasteiger partial charge is 0.468 e. The van der Waals surface area contributed by atoms with Gasteiger partial charge in [-0.2, -0.15) is 0 Å². The van der Waals surface area contributed by atoms with E-state index < -0.39 is 5.54 Å². The van der Waals surface area contributed by atoms with Crippen molar-refractivity contribution in [2.75, 3.05) is 31.8 Å². The number of ether oxygens (including phenoxy) is 1. The van der Waals surface area contributed by atoms with Gasteiger partial charge in [-0.05, 0) is 68.5 Å². The van der Waals surface area contributed by atoms with Gasteiger partial charge < -0.3 is 25.2 Å². The number of nitrogens with zero attached hydrogens (tertiary/aromatic N) is 2. The molecule has 0 bridgehead atoms. The van der Waals surface area contributed by atoms with Crippen molar-refractivity contribution in [3.63, 3.8) is 0 Å². The number of amides is 1. The lowest BCUT2D eigenvalue weighted by molar-refractivity contribution is -0.146. The number of Topliss-reactive ketones (excluding diaryl/α,β-unsaturated/α-hetero) is 1. The van der Waals surface area contributed by atoms with Gasteiger partial charge in [0.15, 0.2) is 0 Å². The molecule has 0 aromatic heterocycles. The molecule has 258 valence electrons. The Morgan fingerprint density at radius 3 is 2.15 bits per heavy atom. The average molecular weight is 675 g/mol. The first-order valence-electron chi connectivity index (χ1n) is 16.7. The van der Waals surface area contributed by atoms with Crippen molar-refractivity contribution in [3.05, 3.63) is 113 Å². The Hall–Kier alpha value is -4.14. The van der Waals surface area contributed by atoms with Gasteiger partial charge in [0.05, 0.1) is 26.4 Å². The molecule has 0 saturated carbocycles. The Balaban J connectivity index is 0.000000218. The lowest BCUT2D eigenvalue weighted by atomic mass is 9.86. The van der Waals surface area contributed by atoms with Crippen LogP contribution in [0.15, 0.2) is 91.1 Å². The van der Waals surface area contributed by atoms with Crippen LogP contribution in [0.4, 0.5) is 5.69 Å². The number of aryl methyl sites for hydroxylation is 1. The average Bonchev–Trinajstić information content (AvgIpc) is 3.35. The molecule has 2 aliphatic heterocycles. The lowest BCUT2D eigenvalue weighted by Crippen LogP contribution is -2.49. The van der Waals surface area contributed by atoms with E-state index in [2.05, 4.69) is 60.2 Å². The van der Waals surface area contributed by atoms with Crippen LogP contribution in [0.5, 0.6) is 0 Å². The monoisotopic (exact) mass is 674 g/mol. The van der Waals surface area contributed by atoms with Crippen LogP contribution < -0.4 is 15.5 Å². The van der Waals surface area contributed by atoms with Crippen molar-refractivity contribution >= 4 is 34.9 Å². The van der Waals surface area contributed by atoms with Gasteiger partial charge >= 0.3 is 5.97 Å². The number of hydrogen-bond acceptors (Lipinski definition) is 7. The number of anilines is 1. The second-order valence-corrected chi connectivity index (χ2v) is 12.7. The summed E-state index contributed by atoms with van der Waals surface area (Å²) in [6, 6.07) is 26.3. The molecule has 5 rings (SSSR count). The van der Waals surface area contributed by atoms with Gasteiger partial charge in [0.1, 0.15) is 17.9 Å². The van der Waals surface area contributed by atoms with Crippen molar-refractivity contribution in [1.29, 1.82) is 0 Å². The second kappa shape index (κ2) is 19.0. The number of halogens is 1. The fourth-order valence-electron chi connectivity index (χ4n) is 6.09. The van der Waals surface area contributed by atoms with Crippen LogP contribution in [0.2, 0.25) is 5.02 Å². The minimum atomic E-state index is -0.557. The maximum absolute atomic E-state index is 13.1. The van der Waals surface area contributed by atoms with Gasteiger partial charge in [-0.1, -0.05) is 105 Å². The SMILES string of the molecule is C=C(NCC(C)=O)[C@H]1Cc2ccccc2CN1.CCCC1(CCC)C(=O)N(CC(=O)OC)CN1c1ccccc1.Cc1ccc(Cl)cc1. The zero-order valence-electron chi connectivity index (χ0n) is 29.1. The molecule has 9 heteroatoms. The first-order valence-corrected chi connectivity index (χ1v) is 17.1. The molecule has 3 aromatic rings. The van der Waals surface area contributed by atoms with E-state index in [9.17, 15) is 14.4 Å². The van der Waals surface area contributed by atoms with Crippen LogP contribution >= 0.6 is 11.6 Å². The van der Waals surface area contributed by atoms with Crippen LogP contribution in [0.1, 0.15) is 63.1 Å². The fraction of sp³-hybridized carbons (Fsp3) is 0.410. The Kier molecular flexibility index (Phi) is 15.2. The Labute approximate surface area is 291 Å². The third kappa shape index (κ3) is 10.7. The number of benzene rings is 3. The normalized spacial score (nSPS) is 16.0. The van der Waals surface area contributed by atoms with Crippen molar-refractivity contribution in [3.8, 4) is 0 Å². The standard InChI is InChI=1S/C18H26N2O3.C14H18N2O.C7H7Cl/c1-4-11-18(12-5-2)17(22)19(13-16(21)23-3)14-20(18)15-9-7-6-8-10-15;1-10(17)8-15-11(2)14-7-12-5-3-4-6-13(12)9-16-14;1-6-2-4-7(8)5-3-6/h6-10H,4-5,11-14H2,1-3H3;3-6,14-16H,2,7-9H2,1H3;2-5H,1H3/t;14-;/m.1./s1. The van der Waals surface area contributed by atoms with Gasteiger partial charge in [-0.15, -0.1) is 0 Å². The summed E-state index contributed by atoms with van der Waals surface area (Å²) in [6.45, 7) is 13.5. The predicted octanol–water partition coefficient (Wildman–Crippen LogP) is 6.85. The lowest BCUT2D eigenvalue weighted by Gasteiger charge is -2.37. The molecule has 1 amide bonds. The first-order chi connectivity index (χ1) is 23.0. The van der Waals surface area contributed by atoms with Crippen LogP contribution in [-0.2, 0) is 32.1 Å². The molecule has 2 aliphatic rings. The van der Waals surface area contributed by atoms with E-state index in [1.54, 1.807) is 11.8 Å². The van der Waals surface area contributed by atoms with E-state index in [-0.39, 0.29) is 30.2 Å². The number of esters is 1. The number of methoxy groups -OCH3 is 1. The topological polar surface area (TPSA) is 91.0 Å². The number of fused-ring (bicyclic) bond motifs is 1. The molecule has 1 atom stereocenters. The summed E-state index contributed by atoms with van der Waals surface area (Å²) in [6.07, 6.45) is 4.33. The van der Waals surface area contributed by atoms with E-state index in [4.69, 9.17) is 16.3 Å². The van der Waals surface area contributed by atoms with Crippen molar-refractivity contribution in [2.45, 2.75) is 77.9 Å². The van der Waals surface area contributed by atoms with Crippen LogP contribution in [-0.4, -0.2) is 61.0 Å². The number of ketones is 1. The molecule has 1 fully saturated rings. The van der Waals surface area contributed by atoms with Gasteiger partial charge in [0, 0.05) is 23.0 Å². The third-order valence-electron chi connectivity index (χ3n) is 8.53. The summed E-state index contributed by atoms with van der Waals surface area (Å²) in [7, 11) is 1.35. The second-order valence-electron chi connectivity index (χ2n) is 12.3. The molecular weight excluding hydrogens is 624 g/mol. The Bertz CT molecular complexity index is 1470. The van der Waals surface area contributed by atoms with E-state index in [1.165, 1.54) is 23.8 Å². The summed E-state index contributed by atoms with van der Waals surface area (Å²) < 4.78 is 4.74. The molecular formula is C39H51ClN4O4. The Morgan fingerprint density at radius 1 is 0.979 bits per heavy atom. The maximum atomic E-state index is 13.1. The highest BCUT2D eigenvalue weighted by atomic mass is 35.5. The van der Waals surface area contributed by atoms with E-state index in [0.29, 0.717) is 13.2 Å². The minimum absolute atomic E-state index is 0.00778. The summed E-state index contributed by atoms with van der Waals surface area (Å²) in [5.41, 5.74) is 5.32. The zero-order valence-corrected chi connectivity index (χ0v) is 29.8. The molecule has 2 heterocycles. The van der Waals surface area contributed by atoms with Crippen LogP contribution in [0.3, 0.4) is 0 Å². The van der Waals surface area contributed by atoms with Crippen LogP contribution in [0, 0.1) is 6.92 Å². The van der Waals surface area contributed by atoms with E-state index in [1.807, 2.05) is 61.5 Å². The van der Waals surface area contributed by atoms with Gasteiger partial charge in [-0.3, -0.25) is 14.4 Å². The van der Waals surface area contributed by atoms with Crippen LogP contribution in [0.25, 0.3) is 0 Å². The van der Waals surface area contributed by atoms with Gasteiger partial charge in [0.2, 0.25) is 5.91 Å². The summed E-state index contributed by atoms with van der Waals surface area (Å²) >= 11 is 5.61. The van der Waals surface area contributed by atoms with Crippen molar-refractivity contribution in [2.24, 2.45) is 0 Å². The zero-order chi connectivity index (χ0) is 35.1. The Morgan fingerprint density at radius 2 is 1.58 bits per heavy atom. The highest BCUT2D eigenvalue weighted by Crippen LogP contribution is 2.38. The summed E-state index contributed by atoms with van der Waals surface area (Å²) in [5, 5.41) is 7.30. The molecule has 2 N–H and O–H groups in total. The number of rotatable bonds is 11. The summed E-state index contributed by atoms with van der Waals surface area (Å²) in [4.78, 5) is 39.4. The highest BCUT2D eigenvalue weighted by molar-refractivity contribution is 6.30. The molecule has 1 saturated heterocycles. The van der Waals surface area contributed by atoms with E-state index in [0.717, 1.165) is 55.1 Å². The van der Waals surface area contributed by atoms with Crippen molar-refractivity contribution < 1.29 is 19.1 Å². The molecule has 0 radical (unpaired) electrons. The number of nitrogens with one attached hydrogen (secondary N) is 2. The van der Waals surface area contributed by atoms with Gasteiger partial charge in [0.25, 0.3) is 0 Å². The molecule has 3 aromatic carbocycles. The summed E-state index contributed by atoms with van der Waals surface area (Å²) in [5.74, 6) is -0.215. The minimum Gasteiger partial charge on any atom is -0.468 e. The quantitative estimate of drug-likeness (QED) is 0.215. The first kappa shape index (κ1) is 38.3. The number of hydrogen-bond donors (Lipinski definition) is 2. The number of para-hydroxylation sites is 1. The molecule has 0 unspecified atom stereocenters. The van der Waals surface area contributed by atoms with Crippen molar-refractivity contribution in [1.82, 2.24) is 15.5 Å². The predicted molar refractivity (Wildman–Crippen MR) is 195 cm³/mol. The number of carbonyl (C=O) groups excluding carboxylic acids is 3. The fourth-order valence-corrected chi connectivity index (χ4v) is 6.22. The smallest absolute Gasteiger partial charge is 0.325 e. The van der Waals surface area contributed by atoms with Gasteiger partial charge in [-0.25, -0.2) is 0 Å². The third-order valence-corrected chi connectivity index (χ3v) is 8.79. The molecule has 48 heavy (non-hydrogen) atoms. The molecule has 0 aliphatic carbocycles. The highest BCUT2D eigenvalue weighted by Gasteiger charge is 2.51. The maximum Gasteiger partial charge on any atom is 0.325 e. The molecule has 8 nitrogen and oxygen atoms in total.